The number of nitrogens with one attached hydrogen (secondary N) is 1. The predicted molar refractivity (Wildman–Crippen MR) is 63.7 cm³/mol. The second-order valence-corrected chi connectivity index (χ2v) is 3.67. The average Bonchev–Trinajstić information content (AvgIpc) is 2.73. The minimum Gasteiger partial charge on any atom is -0.271 e. The van der Waals surface area contributed by atoms with Crippen LogP contribution in [0.4, 0.5) is 0 Å². The molecule has 0 radical (unpaired) electrons. The normalized spacial score (nSPS) is 9.82. The number of carbonyl (C=O) groups is 1. The highest BCUT2D eigenvalue weighted by Gasteiger charge is 2.13. The van der Waals surface area contributed by atoms with Crippen LogP contribution in [0.3, 0.4) is 0 Å². The fourth-order valence-electron chi connectivity index (χ4n) is 1.43. The van der Waals surface area contributed by atoms with Crippen molar-refractivity contribution in [1.82, 2.24) is 14.8 Å². The molecule has 0 fully saturated rings. The highest BCUT2D eigenvalue weighted by molar-refractivity contribution is 7.71. The summed E-state index contributed by atoms with van der Waals surface area (Å²) >= 11 is 4.90. The van der Waals surface area contributed by atoms with Gasteiger partial charge in [-0.25, -0.2) is 4.68 Å². The Morgan fingerprint density at radius 2 is 2.18 bits per heavy atom. The number of aromatic nitrogens is 3. The second-order valence-electron chi connectivity index (χ2n) is 3.28. The SMILES string of the molecule is N#CCC(=O)n1[nH]c(=S)nc1-c1ccccc1. The Morgan fingerprint density at radius 3 is 2.82 bits per heavy atom. The number of nitriles is 1. The van der Waals surface area contributed by atoms with E-state index in [9.17, 15) is 4.79 Å². The smallest absolute Gasteiger partial charge is 0.261 e. The molecule has 0 saturated carbocycles. The molecular formula is C11H8N4OS. The van der Waals surface area contributed by atoms with E-state index in [4.69, 9.17) is 17.5 Å². The van der Waals surface area contributed by atoms with Crippen molar-refractivity contribution in [2.45, 2.75) is 6.42 Å². The highest BCUT2D eigenvalue weighted by Crippen LogP contribution is 2.16. The van der Waals surface area contributed by atoms with Crippen LogP contribution < -0.4 is 0 Å². The first-order chi connectivity index (χ1) is 8.22. The number of hydrogen-bond acceptors (Lipinski definition) is 4. The first-order valence-electron chi connectivity index (χ1n) is 4.87. The zero-order chi connectivity index (χ0) is 12.3. The number of nitrogens with zero attached hydrogens (tertiary/aromatic N) is 3. The zero-order valence-corrected chi connectivity index (χ0v) is 9.57. The summed E-state index contributed by atoms with van der Waals surface area (Å²) in [6.07, 6.45) is -0.221. The number of aromatic amines is 1. The van der Waals surface area contributed by atoms with Gasteiger partial charge in [-0.1, -0.05) is 30.3 Å². The van der Waals surface area contributed by atoms with Crippen molar-refractivity contribution in [3.8, 4) is 17.5 Å². The van der Waals surface area contributed by atoms with E-state index in [1.54, 1.807) is 6.07 Å². The largest absolute Gasteiger partial charge is 0.271 e. The molecule has 0 spiro atoms. The maximum absolute atomic E-state index is 11.7. The third kappa shape index (κ3) is 2.29. The maximum Gasteiger partial charge on any atom is 0.261 e. The molecule has 2 aromatic rings. The zero-order valence-electron chi connectivity index (χ0n) is 8.75. The van der Waals surface area contributed by atoms with Gasteiger partial charge in [-0.3, -0.25) is 9.89 Å². The molecule has 17 heavy (non-hydrogen) atoms. The monoisotopic (exact) mass is 244 g/mol. The molecule has 6 heteroatoms. The van der Waals surface area contributed by atoms with Crippen LogP contribution in [0.5, 0.6) is 0 Å². The van der Waals surface area contributed by atoms with Crippen LogP contribution in [0.1, 0.15) is 11.2 Å². The Bertz CT molecular complexity index is 635. The van der Waals surface area contributed by atoms with Crippen LogP contribution in [0.25, 0.3) is 11.4 Å². The van der Waals surface area contributed by atoms with Crippen LogP contribution in [-0.4, -0.2) is 20.7 Å². The third-order valence-corrected chi connectivity index (χ3v) is 2.32. The van der Waals surface area contributed by atoms with Gasteiger partial charge in [0.25, 0.3) is 5.91 Å². The van der Waals surface area contributed by atoms with Crippen molar-refractivity contribution in [3.63, 3.8) is 0 Å². The fourth-order valence-corrected chi connectivity index (χ4v) is 1.61. The molecule has 0 bridgehead atoms. The average molecular weight is 244 g/mol. The summed E-state index contributed by atoms with van der Waals surface area (Å²) < 4.78 is 1.43. The second kappa shape index (κ2) is 4.72. The Labute approximate surface area is 102 Å². The van der Waals surface area contributed by atoms with E-state index in [2.05, 4.69) is 10.1 Å². The van der Waals surface area contributed by atoms with Gasteiger partial charge in [0.05, 0.1) is 6.07 Å². The molecule has 0 aliphatic carbocycles. The van der Waals surface area contributed by atoms with Gasteiger partial charge >= 0.3 is 0 Å². The minimum atomic E-state index is -0.380. The van der Waals surface area contributed by atoms with E-state index in [1.165, 1.54) is 4.68 Å². The summed E-state index contributed by atoms with van der Waals surface area (Å²) in [5.41, 5.74) is 0.770. The predicted octanol–water partition coefficient (Wildman–Crippen LogP) is 2.16. The Hall–Kier alpha value is -2.26. The lowest BCUT2D eigenvalue weighted by Crippen LogP contribution is -2.12. The van der Waals surface area contributed by atoms with E-state index in [-0.39, 0.29) is 17.1 Å². The van der Waals surface area contributed by atoms with Crippen LogP contribution in [0, 0.1) is 16.1 Å². The number of benzene rings is 1. The Balaban J connectivity index is 2.53. The van der Waals surface area contributed by atoms with Crippen LogP contribution in [0.2, 0.25) is 0 Å². The summed E-state index contributed by atoms with van der Waals surface area (Å²) in [4.78, 5) is 15.8. The van der Waals surface area contributed by atoms with Crippen molar-refractivity contribution in [2.24, 2.45) is 0 Å². The molecule has 0 saturated heterocycles. The molecule has 1 aromatic heterocycles. The first-order valence-corrected chi connectivity index (χ1v) is 5.28. The van der Waals surface area contributed by atoms with E-state index in [0.29, 0.717) is 5.82 Å². The lowest BCUT2D eigenvalue weighted by Gasteiger charge is -2.02. The number of hydrogen-bond donors (Lipinski definition) is 1. The van der Waals surface area contributed by atoms with Gasteiger partial charge in [0.1, 0.15) is 6.42 Å². The molecule has 1 aromatic carbocycles. The Kier molecular flexibility index (Phi) is 3.12. The van der Waals surface area contributed by atoms with Crippen LogP contribution in [0.15, 0.2) is 30.3 Å². The van der Waals surface area contributed by atoms with E-state index >= 15 is 0 Å². The number of rotatable bonds is 2. The lowest BCUT2D eigenvalue weighted by molar-refractivity contribution is 0.0905. The van der Waals surface area contributed by atoms with Gasteiger partial charge in [0, 0.05) is 5.56 Å². The summed E-state index contributed by atoms with van der Waals surface area (Å²) in [6, 6.07) is 11.0. The van der Waals surface area contributed by atoms with Gasteiger partial charge in [-0.15, -0.1) is 0 Å². The number of carbonyl (C=O) groups excluding carboxylic acids is 1. The first kappa shape index (κ1) is 11.2. The molecule has 0 atom stereocenters. The lowest BCUT2D eigenvalue weighted by atomic mass is 10.2. The number of H-pyrrole nitrogens is 1. The van der Waals surface area contributed by atoms with Crippen molar-refractivity contribution in [3.05, 3.63) is 35.1 Å². The third-order valence-electron chi connectivity index (χ3n) is 2.14. The van der Waals surface area contributed by atoms with Crippen LogP contribution >= 0.6 is 12.2 Å². The van der Waals surface area contributed by atoms with Crippen LogP contribution in [-0.2, 0) is 0 Å². The summed E-state index contributed by atoms with van der Waals surface area (Å²) in [6.45, 7) is 0. The molecule has 2 rings (SSSR count). The molecule has 0 aliphatic heterocycles. The molecule has 5 nitrogen and oxygen atoms in total. The maximum atomic E-state index is 11.7. The van der Waals surface area contributed by atoms with Crippen molar-refractivity contribution in [1.29, 1.82) is 5.26 Å². The van der Waals surface area contributed by atoms with E-state index in [1.807, 2.05) is 30.3 Å². The molecule has 84 valence electrons. The summed E-state index contributed by atoms with van der Waals surface area (Å²) in [5.74, 6) is 0.0470. The van der Waals surface area contributed by atoms with E-state index in [0.717, 1.165) is 5.56 Å². The van der Waals surface area contributed by atoms with Crippen molar-refractivity contribution < 1.29 is 4.79 Å². The quantitative estimate of drug-likeness (QED) is 0.821. The van der Waals surface area contributed by atoms with E-state index < -0.39 is 0 Å². The fraction of sp³-hybridized carbons (Fsp3) is 0.0909. The van der Waals surface area contributed by atoms with Gasteiger partial charge in [-0.05, 0) is 12.2 Å². The summed E-state index contributed by atoms with van der Waals surface area (Å²) in [5, 5.41) is 11.2. The molecule has 0 aliphatic rings. The molecule has 0 unspecified atom stereocenters. The Morgan fingerprint density at radius 1 is 1.47 bits per heavy atom. The minimum absolute atomic E-state index is 0.218. The standard InChI is InChI=1S/C11H8N4OS/c12-7-6-9(16)15-10(13-11(17)14-15)8-4-2-1-3-5-8/h1-5H,6H2,(H,14,17). The topological polar surface area (TPSA) is 74.5 Å². The molecule has 1 N–H and O–H groups in total. The van der Waals surface area contributed by atoms with Gasteiger partial charge in [-0.2, -0.15) is 10.2 Å². The van der Waals surface area contributed by atoms with Crippen molar-refractivity contribution in [2.75, 3.05) is 0 Å². The highest BCUT2D eigenvalue weighted by atomic mass is 32.1. The molecule has 0 amide bonds. The van der Waals surface area contributed by atoms with Gasteiger partial charge < -0.3 is 0 Å². The van der Waals surface area contributed by atoms with Gasteiger partial charge in [0.2, 0.25) is 4.77 Å². The van der Waals surface area contributed by atoms with Crippen molar-refractivity contribution >= 4 is 18.1 Å². The molecule has 1 heterocycles. The molecular weight excluding hydrogens is 236 g/mol. The van der Waals surface area contributed by atoms with Gasteiger partial charge in [0.15, 0.2) is 5.82 Å². The summed E-state index contributed by atoms with van der Waals surface area (Å²) in [7, 11) is 0.